The first-order valence-corrected chi connectivity index (χ1v) is 9.84. The van der Waals surface area contributed by atoms with E-state index < -0.39 is 0 Å². The van der Waals surface area contributed by atoms with Crippen molar-refractivity contribution in [1.82, 2.24) is 14.8 Å². The van der Waals surface area contributed by atoms with Crippen molar-refractivity contribution < 1.29 is 19.1 Å². The molecule has 2 fully saturated rings. The van der Waals surface area contributed by atoms with Gasteiger partial charge in [-0.3, -0.25) is 14.6 Å². The maximum Gasteiger partial charge on any atom is 0.225 e. The largest absolute Gasteiger partial charge is 0.379 e. The first-order valence-electron chi connectivity index (χ1n) is 9.84. The summed E-state index contributed by atoms with van der Waals surface area (Å²) in [5, 5.41) is 0. The minimum Gasteiger partial charge on any atom is -0.379 e. The monoisotopic (exact) mass is 390 g/mol. The Hall–Kier alpha value is -2.19. The van der Waals surface area contributed by atoms with Crippen molar-refractivity contribution in [1.29, 1.82) is 0 Å². The number of pyridine rings is 1. The number of rotatable bonds is 7. The first-order chi connectivity index (χ1) is 13.5. The molecule has 1 aromatic heterocycles. The van der Waals surface area contributed by atoms with Gasteiger partial charge in [0.2, 0.25) is 12.3 Å². The fourth-order valence-corrected chi connectivity index (χ4v) is 3.61. The fourth-order valence-electron chi connectivity index (χ4n) is 3.61. The molecule has 28 heavy (non-hydrogen) atoms. The van der Waals surface area contributed by atoms with Crippen LogP contribution < -0.4 is 4.90 Å². The molecule has 0 N–H and O–H groups in total. The molecule has 0 spiro atoms. The van der Waals surface area contributed by atoms with E-state index in [1.807, 2.05) is 30.9 Å². The molecule has 0 bridgehead atoms. The smallest absolute Gasteiger partial charge is 0.225 e. The Morgan fingerprint density at radius 1 is 1.29 bits per heavy atom. The zero-order valence-corrected chi connectivity index (χ0v) is 16.7. The van der Waals surface area contributed by atoms with Gasteiger partial charge in [-0.2, -0.15) is 0 Å². The van der Waals surface area contributed by atoms with Crippen molar-refractivity contribution in [2.45, 2.75) is 31.9 Å². The Balaban J connectivity index is 1.34. The van der Waals surface area contributed by atoms with Crippen LogP contribution in [-0.4, -0.2) is 91.3 Å². The normalized spacial score (nSPS) is 22.2. The molecule has 154 valence electrons. The van der Waals surface area contributed by atoms with E-state index in [-0.39, 0.29) is 17.6 Å². The number of aromatic nitrogens is 1. The predicted molar refractivity (Wildman–Crippen MR) is 105 cm³/mol. The highest BCUT2D eigenvalue weighted by Crippen LogP contribution is 2.20. The highest BCUT2D eigenvalue weighted by molar-refractivity contribution is 5.76. The van der Waals surface area contributed by atoms with Gasteiger partial charge < -0.3 is 24.2 Å². The van der Waals surface area contributed by atoms with Gasteiger partial charge in [0.1, 0.15) is 0 Å². The Morgan fingerprint density at radius 3 is 2.68 bits per heavy atom. The average molecular weight is 390 g/mol. The summed E-state index contributed by atoms with van der Waals surface area (Å²) in [5.74, 6) is 0.114. The second-order valence-corrected chi connectivity index (χ2v) is 7.90. The number of piperazine rings is 1. The van der Waals surface area contributed by atoms with Gasteiger partial charge in [-0.05, 0) is 26.0 Å². The molecule has 2 saturated heterocycles. The van der Waals surface area contributed by atoms with Gasteiger partial charge in [-0.1, -0.05) is 0 Å². The average Bonchev–Trinajstić information content (AvgIpc) is 2.72. The molecule has 2 amide bonds. The van der Waals surface area contributed by atoms with Crippen molar-refractivity contribution in [2.24, 2.45) is 0 Å². The highest BCUT2D eigenvalue weighted by Gasteiger charge is 2.33. The van der Waals surface area contributed by atoms with Gasteiger partial charge in [0.05, 0.1) is 37.9 Å². The van der Waals surface area contributed by atoms with Gasteiger partial charge in [0, 0.05) is 50.8 Å². The third-order valence-corrected chi connectivity index (χ3v) is 5.26. The van der Waals surface area contributed by atoms with Crippen LogP contribution in [0.1, 0.15) is 20.3 Å². The summed E-state index contributed by atoms with van der Waals surface area (Å²) < 4.78 is 11.4. The molecule has 1 aromatic rings. The number of carbonyl (C=O) groups is 2. The van der Waals surface area contributed by atoms with Gasteiger partial charge in [0.25, 0.3) is 0 Å². The van der Waals surface area contributed by atoms with Crippen molar-refractivity contribution in [2.75, 3.05) is 57.4 Å². The van der Waals surface area contributed by atoms with E-state index in [0.717, 1.165) is 25.2 Å². The summed E-state index contributed by atoms with van der Waals surface area (Å²) in [6.45, 7) is 8.74. The molecule has 8 nitrogen and oxygen atoms in total. The van der Waals surface area contributed by atoms with Crippen molar-refractivity contribution in [3.8, 4) is 0 Å². The van der Waals surface area contributed by atoms with Gasteiger partial charge in [-0.25, -0.2) is 0 Å². The Bertz CT molecular complexity index is 647. The second-order valence-electron chi connectivity index (χ2n) is 7.90. The number of amides is 2. The van der Waals surface area contributed by atoms with Gasteiger partial charge in [0.15, 0.2) is 0 Å². The van der Waals surface area contributed by atoms with Crippen molar-refractivity contribution >= 4 is 18.0 Å². The Labute approximate surface area is 166 Å². The first kappa shape index (κ1) is 20.5. The van der Waals surface area contributed by atoms with Crippen LogP contribution in [0.15, 0.2) is 24.5 Å². The molecule has 0 aliphatic carbocycles. The number of anilines is 1. The summed E-state index contributed by atoms with van der Waals surface area (Å²) in [4.78, 5) is 33.6. The molecule has 0 radical (unpaired) electrons. The zero-order chi connectivity index (χ0) is 20.0. The predicted octanol–water partition coefficient (Wildman–Crippen LogP) is 0.773. The number of ether oxygens (including phenoxy) is 2. The molecule has 0 aromatic carbocycles. The molecular formula is C20H30N4O4. The summed E-state index contributed by atoms with van der Waals surface area (Å²) >= 11 is 0. The SMILES string of the molecule is CC1(C)CN(C=O)[C@H](COCCC(=O)N2CCN(c3ccncc3)CC2)CO1. The number of carbonyl (C=O) groups excluding carboxylic acids is 2. The summed E-state index contributed by atoms with van der Waals surface area (Å²) in [6, 6.07) is 3.89. The maximum absolute atomic E-state index is 12.4. The molecule has 2 aliphatic heterocycles. The highest BCUT2D eigenvalue weighted by atomic mass is 16.5. The van der Waals surface area contributed by atoms with E-state index in [2.05, 4.69) is 9.88 Å². The van der Waals surface area contributed by atoms with E-state index >= 15 is 0 Å². The molecule has 1 atom stereocenters. The van der Waals surface area contributed by atoms with E-state index in [0.29, 0.717) is 45.9 Å². The minimum absolute atomic E-state index is 0.0930. The van der Waals surface area contributed by atoms with Crippen molar-refractivity contribution in [3.63, 3.8) is 0 Å². The number of hydrogen-bond donors (Lipinski definition) is 0. The third-order valence-electron chi connectivity index (χ3n) is 5.26. The Kier molecular flexibility index (Phi) is 6.85. The van der Waals surface area contributed by atoms with Crippen LogP contribution in [0.25, 0.3) is 0 Å². The van der Waals surface area contributed by atoms with Crippen molar-refractivity contribution in [3.05, 3.63) is 24.5 Å². The van der Waals surface area contributed by atoms with E-state index in [1.54, 1.807) is 17.3 Å². The molecule has 0 saturated carbocycles. The third kappa shape index (κ3) is 5.42. The molecular weight excluding hydrogens is 360 g/mol. The fraction of sp³-hybridized carbons (Fsp3) is 0.650. The van der Waals surface area contributed by atoms with Gasteiger partial charge in [-0.15, -0.1) is 0 Å². The lowest BCUT2D eigenvalue weighted by Crippen LogP contribution is -2.55. The van der Waals surface area contributed by atoms with Crippen LogP contribution in [0.4, 0.5) is 5.69 Å². The topological polar surface area (TPSA) is 75.2 Å². The van der Waals surface area contributed by atoms with Crippen LogP contribution in [0, 0.1) is 0 Å². The molecule has 3 rings (SSSR count). The van der Waals surface area contributed by atoms with Crippen LogP contribution in [-0.2, 0) is 19.1 Å². The van der Waals surface area contributed by atoms with Crippen LogP contribution in [0.2, 0.25) is 0 Å². The maximum atomic E-state index is 12.4. The summed E-state index contributed by atoms with van der Waals surface area (Å²) in [6.07, 6.45) is 4.78. The van der Waals surface area contributed by atoms with Crippen LogP contribution in [0.3, 0.4) is 0 Å². The summed E-state index contributed by atoms with van der Waals surface area (Å²) in [5.41, 5.74) is 0.814. The quantitative estimate of drug-likeness (QED) is 0.506. The van der Waals surface area contributed by atoms with E-state index in [1.165, 1.54) is 0 Å². The number of hydrogen-bond acceptors (Lipinski definition) is 6. The minimum atomic E-state index is -0.328. The van der Waals surface area contributed by atoms with Crippen LogP contribution in [0.5, 0.6) is 0 Å². The van der Waals surface area contributed by atoms with E-state index in [9.17, 15) is 9.59 Å². The lowest BCUT2D eigenvalue weighted by molar-refractivity contribution is -0.150. The molecule has 8 heteroatoms. The van der Waals surface area contributed by atoms with Crippen LogP contribution >= 0.6 is 0 Å². The number of morpholine rings is 1. The zero-order valence-electron chi connectivity index (χ0n) is 16.7. The lowest BCUT2D eigenvalue weighted by Gasteiger charge is -2.41. The van der Waals surface area contributed by atoms with Gasteiger partial charge >= 0.3 is 0 Å². The standard InChI is InChI=1S/C20H30N4O4/c1-20(2)15-24(16-25)18(14-28-20)13-27-12-5-19(26)23-10-8-22(9-11-23)17-3-6-21-7-4-17/h3-4,6-7,16,18H,5,8-15H2,1-2H3/t18-/m1/s1. The number of nitrogens with zero attached hydrogens (tertiary/aromatic N) is 4. The molecule has 3 heterocycles. The second kappa shape index (κ2) is 9.34. The van der Waals surface area contributed by atoms with E-state index in [4.69, 9.17) is 9.47 Å². The molecule has 2 aliphatic rings. The summed E-state index contributed by atoms with van der Waals surface area (Å²) in [7, 11) is 0. The Morgan fingerprint density at radius 2 is 2.00 bits per heavy atom. The molecule has 0 unspecified atom stereocenters. The lowest BCUT2D eigenvalue weighted by atomic mass is 10.1.